The summed E-state index contributed by atoms with van der Waals surface area (Å²) in [5.74, 6) is -0.0303. The van der Waals surface area contributed by atoms with Gasteiger partial charge in [-0.3, -0.25) is 10.0 Å². The van der Waals surface area contributed by atoms with Crippen molar-refractivity contribution >= 4 is 39.4 Å². The molecule has 10 heteroatoms. The summed E-state index contributed by atoms with van der Waals surface area (Å²) < 4.78 is 27.8. The lowest BCUT2D eigenvalue weighted by molar-refractivity contribution is 0.209. The Morgan fingerprint density at radius 3 is 2.41 bits per heavy atom. The number of nitrogens with one attached hydrogen (secondary N) is 2. The number of halogens is 1. The Bertz CT molecular complexity index is 1180. The Balaban J connectivity index is 1.98. The van der Waals surface area contributed by atoms with Crippen molar-refractivity contribution in [1.29, 1.82) is 0 Å². The molecule has 3 rings (SSSR count). The van der Waals surface area contributed by atoms with Crippen LogP contribution in [-0.2, 0) is 10.0 Å². The molecule has 0 atom stereocenters. The topological polar surface area (TPSA) is 121 Å². The van der Waals surface area contributed by atoms with Crippen LogP contribution < -0.4 is 10.0 Å². The number of benzene rings is 1. The van der Waals surface area contributed by atoms with Crippen molar-refractivity contribution in [1.82, 2.24) is 9.97 Å². The first-order valence-corrected chi connectivity index (χ1v) is 10.3. The molecule has 0 saturated carbocycles. The highest BCUT2D eigenvalue weighted by molar-refractivity contribution is 7.92. The fourth-order valence-corrected chi connectivity index (χ4v) is 4.03. The van der Waals surface area contributed by atoms with Crippen molar-refractivity contribution in [2.75, 3.05) is 10.0 Å². The van der Waals surface area contributed by atoms with E-state index in [1.807, 2.05) is 37.4 Å². The maximum atomic E-state index is 12.7. The Labute approximate surface area is 172 Å². The first-order valence-electron chi connectivity index (χ1n) is 8.39. The highest BCUT2D eigenvalue weighted by Crippen LogP contribution is 2.32. The van der Waals surface area contributed by atoms with Crippen LogP contribution in [-0.4, -0.2) is 29.6 Å². The van der Waals surface area contributed by atoms with Gasteiger partial charge in [0.25, 0.3) is 10.0 Å². The third kappa shape index (κ3) is 4.64. The number of carboxylic acid groups (broad SMARTS) is 1. The number of nitrogens with zero attached hydrogens (tertiary/aromatic N) is 2. The van der Waals surface area contributed by atoms with E-state index in [-0.39, 0.29) is 16.5 Å². The lowest BCUT2D eigenvalue weighted by Crippen LogP contribution is -2.15. The number of anilines is 2. The van der Waals surface area contributed by atoms with E-state index >= 15 is 0 Å². The minimum absolute atomic E-state index is 0.0802. The molecule has 2 aromatic heterocycles. The second-order valence-corrected chi connectivity index (χ2v) is 8.30. The Morgan fingerprint density at radius 1 is 1.07 bits per heavy atom. The molecular weight excluding hydrogens is 416 g/mol. The van der Waals surface area contributed by atoms with Crippen molar-refractivity contribution in [2.45, 2.75) is 18.7 Å². The van der Waals surface area contributed by atoms with Crippen LogP contribution in [0.3, 0.4) is 0 Å². The molecule has 2 heterocycles. The summed E-state index contributed by atoms with van der Waals surface area (Å²) in [4.78, 5) is 18.7. The first-order chi connectivity index (χ1) is 13.7. The van der Waals surface area contributed by atoms with Gasteiger partial charge in [0.1, 0.15) is 11.6 Å². The van der Waals surface area contributed by atoms with E-state index in [2.05, 4.69) is 14.7 Å². The molecule has 0 spiro atoms. The van der Waals surface area contributed by atoms with Gasteiger partial charge in [0, 0.05) is 17.8 Å². The summed E-state index contributed by atoms with van der Waals surface area (Å²) in [5.41, 5.74) is 3.21. The number of rotatable bonds is 5. The second kappa shape index (κ2) is 8.06. The standard InChI is InChI=1S/C19H17ClN4O4S/c1-11-4-3-5-12(2)17(11)18-14(20)6-7-15(22-18)24-29(27,28)13-8-9-21-16(10-13)23-19(25)26/h3-10H,1-2H3,(H,21,23)(H,22,24)(H,25,26). The quantitative estimate of drug-likeness (QED) is 0.552. The van der Waals surface area contributed by atoms with Gasteiger partial charge in [-0.2, -0.15) is 0 Å². The molecule has 3 aromatic rings. The molecule has 0 unspecified atom stereocenters. The highest BCUT2D eigenvalue weighted by Gasteiger charge is 2.18. The maximum absolute atomic E-state index is 12.7. The van der Waals surface area contributed by atoms with Crippen molar-refractivity contribution in [3.05, 3.63) is 64.8 Å². The van der Waals surface area contributed by atoms with Crippen LogP contribution in [0.25, 0.3) is 11.3 Å². The average molecular weight is 433 g/mol. The molecule has 0 aliphatic rings. The number of carbonyl (C=O) groups is 1. The average Bonchev–Trinajstić information content (AvgIpc) is 2.63. The smallest absolute Gasteiger partial charge is 0.410 e. The van der Waals surface area contributed by atoms with Crippen LogP contribution in [0.2, 0.25) is 5.02 Å². The van der Waals surface area contributed by atoms with Crippen molar-refractivity contribution in [2.24, 2.45) is 0 Å². The molecule has 150 valence electrons. The zero-order valence-corrected chi connectivity index (χ0v) is 17.0. The van der Waals surface area contributed by atoms with Gasteiger partial charge in [-0.1, -0.05) is 29.8 Å². The van der Waals surface area contributed by atoms with Crippen LogP contribution in [0.4, 0.5) is 16.4 Å². The third-order valence-corrected chi connectivity index (χ3v) is 5.74. The van der Waals surface area contributed by atoms with Crippen molar-refractivity contribution in [3.8, 4) is 11.3 Å². The van der Waals surface area contributed by atoms with Crippen LogP contribution in [0.5, 0.6) is 0 Å². The molecule has 0 aliphatic heterocycles. The Kier molecular flexibility index (Phi) is 5.71. The number of aryl methyl sites for hydroxylation is 2. The molecule has 1 amide bonds. The second-order valence-electron chi connectivity index (χ2n) is 6.21. The lowest BCUT2D eigenvalue weighted by atomic mass is 9.99. The summed E-state index contributed by atoms with van der Waals surface area (Å²) in [6.45, 7) is 3.84. The Hall–Kier alpha value is -3.17. The van der Waals surface area contributed by atoms with Gasteiger partial charge >= 0.3 is 6.09 Å². The van der Waals surface area contributed by atoms with Crippen LogP contribution in [0.1, 0.15) is 11.1 Å². The predicted molar refractivity (Wildman–Crippen MR) is 111 cm³/mol. The van der Waals surface area contributed by atoms with Gasteiger partial charge in [0.15, 0.2) is 0 Å². The summed E-state index contributed by atoms with van der Waals surface area (Å²) in [6, 6.07) is 11.1. The number of hydrogen-bond donors (Lipinski definition) is 3. The first kappa shape index (κ1) is 20.6. The Morgan fingerprint density at radius 2 is 1.76 bits per heavy atom. The molecule has 0 fully saturated rings. The van der Waals surface area contributed by atoms with E-state index in [1.165, 1.54) is 18.3 Å². The molecule has 8 nitrogen and oxygen atoms in total. The summed E-state index contributed by atoms with van der Waals surface area (Å²) in [7, 11) is -4.03. The van der Waals surface area contributed by atoms with Gasteiger partial charge in [-0.25, -0.2) is 23.2 Å². The zero-order chi connectivity index (χ0) is 21.2. The minimum Gasteiger partial charge on any atom is -0.465 e. The molecular formula is C19H17ClN4O4S. The van der Waals surface area contributed by atoms with Crippen LogP contribution in [0, 0.1) is 13.8 Å². The summed E-state index contributed by atoms with van der Waals surface area (Å²) in [5, 5.41) is 11.2. The van der Waals surface area contributed by atoms with Crippen molar-refractivity contribution in [3.63, 3.8) is 0 Å². The fourth-order valence-electron chi connectivity index (χ4n) is 2.82. The molecule has 0 bridgehead atoms. The lowest BCUT2D eigenvalue weighted by Gasteiger charge is -2.13. The van der Waals surface area contributed by atoms with E-state index in [0.29, 0.717) is 10.7 Å². The van der Waals surface area contributed by atoms with Crippen molar-refractivity contribution < 1.29 is 18.3 Å². The zero-order valence-electron chi connectivity index (χ0n) is 15.5. The molecule has 0 radical (unpaired) electrons. The third-order valence-electron chi connectivity index (χ3n) is 4.08. The number of aromatic nitrogens is 2. The monoisotopic (exact) mass is 432 g/mol. The molecule has 3 N–H and O–H groups in total. The van der Waals surface area contributed by atoms with E-state index in [1.54, 1.807) is 6.07 Å². The largest absolute Gasteiger partial charge is 0.465 e. The number of amides is 1. The highest BCUT2D eigenvalue weighted by atomic mass is 35.5. The number of sulfonamides is 1. The predicted octanol–water partition coefficient (Wildman–Crippen LogP) is 4.30. The normalized spacial score (nSPS) is 11.1. The van der Waals surface area contributed by atoms with Gasteiger partial charge in [0.05, 0.1) is 15.6 Å². The van der Waals surface area contributed by atoms with Crippen LogP contribution in [0.15, 0.2) is 53.6 Å². The molecule has 29 heavy (non-hydrogen) atoms. The van der Waals surface area contributed by atoms with E-state index in [4.69, 9.17) is 16.7 Å². The maximum Gasteiger partial charge on any atom is 0.410 e. The summed E-state index contributed by atoms with van der Waals surface area (Å²) in [6.07, 6.45) is -0.158. The number of pyridine rings is 2. The minimum atomic E-state index is -4.03. The molecule has 0 saturated heterocycles. The van der Waals surface area contributed by atoms with E-state index in [9.17, 15) is 13.2 Å². The SMILES string of the molecule is Cc1cccc(C)c1-c1nc(NS(=O)(=O)c2ccnc(NC(=O)O)c2)ccc1Cl. The van der Waals surface area contributed by atoms with E-state index in [0.717, 1.165) is 22.8 Å². The molecule has 1 aromatic carbocycles. The molecule has 0 aliphatic carbocycles. The summed E-state index contributed by atoms with van der Waals surface area (Å²) >= 11 is 6.32. The fraction of sp³-hybridized carbons (Fsp3) is 0.105. The van der Waals surface area contributed by atoms with Gasteiger partial charge in [-0.15, -0.1) is 0 Å². The van der Waals surface area contributed by atoms with Crippen LogP contribution >= 0.6 is 11.6 Å². The number of hydrogen-bond acceptors (Lipinski definition) is 5. The van der Waals surface area contributed by atoms with Gasteiger partial charge in [0.2, 0.25) is 0 Å². The van der Waals surface area contributed by atoms with Gasteiger partial charge in [-0.05, 0) is 43.2 Å². The van der Waals surface area contributed by atoms with E-state index < -0.39 is 16.1 Å². The van der Waals surface area contributed by atoms with Gasteiger partial charge < -0.3 is 5.11 Å².